The van der Waals surface area contributed by atoms with Crippen LogP contribution in [-0.2, 0) is 18.4 Å². The van der Waals surface area contributed by atoms with Crippen molar-refractivity contribution in [1.82, 2.24) is 9.55 Å². The lowest BCUT2D eigenvalue weighted by Gasteiger charge is -2.08. The van der Waals surface area contributed by atoms with Gasteiger partial charge < -0.3 is 14.6 Å². The van der Waals surface area contributed by atoms with Crippen LogP contribution in [0.4, 0.5) is 5.69 Å². The molecule has 5 nitrogen and oxygen atoms in total. The van der Waals surface area contributed by atoms with Gasteiger partial charge in [-0.25, -0.2) is 4.98 Å². The van der Waals surface area contributed by atoms with Crippen molar-refractivity contribution in [3.63, 3.8) is 0 Å². The van der Waals surface area contributed by atoms with Gasteiger partial charge in [0.15, 0.2) is 5.16 Å². The minimum absolute atomic E-state index is 0.137. The SMILES string of the molecule is COCc1cccc(C(=O)Nc2ccc(Sc3nccn3C)cc2)c1. The monoisotopic (exact) mass is 353 g/mol. The Morgan fingerprint density at radius 2 is 2.04 bits per heavy atom. The molecule has 3 aromatic rings. The maximum atomic E-state index is 12.4. The standard InChI is InChI=1S/C19H19N3O2S/c1-22-11-10-20-19(22)25-17-8-6-16(7-9-17)21-18(23)15-5-3-4-14(12-15)13-24-2/h3-12H,13H2,1-2H3,(H,21,23). The highest BCUT2D eigenvalue weighted by molar-refractivity contribution is 7.99. The molecule has 1 N–H and O–H groups in total. The average molecular weight is 353 g/mol. The second-order valence-corrected chi connectivity index (χ2v) is 6.58. The Morgan fingerprint density at radius 1 is 1.24 bits per heavy atom. The van der Waals surface area contributed by atoms with Crippen molar-refractivity contribution >= 4 is 23.4 Å². The van der Waals surface area contributed by atoms with Crippen LogP contribution >= 0.6 is 11.8 Å². The van der Waals surface area contributed by atoms with Crippen molar-refractivity contribution in [2.45, 2.75) is 16.7 Å². The molecule has 0 unspecified atom stereocenters. The number of rotatable bonds is 6. The summed E-state index contributed by atoms with van der Waals surface area (Å²) in [7, 11) is 3.60. The second-order valence-electron chi connectivity index (χ2n) is 5.53. The van der Waals surface area contributed by atoms with Gasteiger partial charge in [0.2, 0.25) is 0 Å². The number of benzene rings is 2. The van der Waals surface area contributed by atoms with Crippen LogP contribution in [0.5, 0.6) is 0 Å². The van der Waals surface area contributed by atoms with Gasteiger partial charge in [-0.2, -0.15) is 0 Å². The summed E-state index contributed by atoms with van der Waals surface area (Å²) in [6, 6.07) is 15.1. The Labute approximate surface area is 151 Å². The molecule has 1 amide bonds. The number of methoxy groups -OCH3 is 1. The van der Waals surface area contributed by atoms with Gasteiger partial charge >= 0.3 is 0 Å². The van der Waals surface area contributed by atoms with Crippen LogP contribution in [0.3, 0.4) is 0 Å². The first-order valence-electron chi connectivity index (χ1n) is 7.80. The topological polar surface area (TPSA) is 56.1 Å². The van der Waals surface area contributed by atoms with Crippen LogP contribution < -0.4 is 5.32 Å². The highest BCUT2D eigenvalue weighted by atomic mass is 32.2. The molecule has 0 aliphatic rings. The first-order valence-corrected chi connectivity index (χ1v) is 8.62. The van der Waals surface area contributed by atoms with E-state index >= 15 is 0 Å². The van der Waals surface area contributed by atoms with Gasteiger partial charge in [0.1, 0.15) is 0 Å². The second kappa shape index (κ2) is 8.00. The minimum Gasteiger partial charge on any atom is -0.380 e. The molecule has 0 spiro atoms. The molecule has 1 heterocycles. The number of aromatic nitrogens is 2. The summed E-state index contributed by atoms with van der Waals surface area (Å²) in [6.45, 7) is 0.486. The molecule has 0 aliphatic carbocycles. The van der Waals surface area contributed by atoms with Crippen molar-refractivity contribution in [1.29, 1.82) is 0 Å². The number of amides is 1. The van der Waals surface area contributed by atoms with Crippen molar-refractivity contribution in [2.75, 3.05) is 12.4 Å². The zero-order valence-electron chi connectivity index (χ0n) is 14.1. The van der Waals surface area contributed by atoms with E-state index in [9.17, 15) is 4.79 Å². The van der Waals surface area contributed by atoms with E-state index in [0.717, 1.165) is 21.3 Å². The first kappa shape index (κ1) is 17.3. The van der Waals surface area contributed by atoms with Gasteiger partial charge in [-0.1, -0.05) is 23.9 Å². The van der Waals surface area contributed by atoms with Crippen LogP contribution in [0.2, 0.25) is 0 Å². The number of carbonyl (C=O) groups excluding carboxylic acids is 1. The van der Waals surface area contributed by atoms with E-state index in [-0.39, 0.29) is 5.91 Å². The number of hydrogen-bond acceptors (Lipinski definition) is 4. The molecular formula is C19H19N3O2S. The van der Waals surface area contributed by atoms with E-state index in [4.69, 9.17) is 4.74 Å². The lowest BCUT2D eigenvalue weighted by atomic mass is 10.1. The molecular weight excluding hydrogens is 334 g/mol. The van der Waals surface area contributed by atoms with Crippen LogP contribution in [0, 0.1) is 0 Å². The zero-order valence-corrected chi connectivity index (χ0v) is 14.9. The fraction of sp³-hybridized carbons (Fsp3) is 0.158. The van der Waals surface area contributed by atoms with Crippen molar-refractivity contribution in [3.8, 4) is 0 Å². The zero-order chi connectivity index (χ0) is 17.6. The predicted octanol–water partition coefficient (Wildman–Crippen LogP) is 3.97. The van der Waals surface area contributed by atoms with Crippen LogP contribution in [0.25, 0.3) is 0 Å². The number of nitrogens with zero attached hydrogens (tertiary/aromatic N) is 2. The number of nitrogens with one attached hydrogen (secondary N) is 1. The third-order valence-corrected chi connectivity index (χ3v) is 4.68. The van der Waals surface area contributed by atoms with Gasteiger partial charge in [-0.15, -0.1) is 0 Å². The Morgan fingerprint density at radius 3 is 2.72 bits per heavy atom. The number of ether oxygens (including phenoxy) is 1. The summed E-state index contributed by atoms with van der Waals surface area (Å²) < 4.78 is 7.07. The fourth-order valence-corrected chi connectivity index (χ4v) is 3.14. The third kappa shape index (κ3) is 4.49. The van der Waals surface area contributed by atoms with Crippen LogP contribution in [-0.4, -0.2) is 22.6 Å². The van der Waals surface area contributed by atoms with Crippen molar-refractivity contribution < 1.29 is 9.53 Å². The Kier molecular flexibility index (Phi) is 5.53. The van der Waals surface area contributed by atoms with Gasteiger partial charge in [-0.05, 0) is 42.0 Å². The number of carbonyl (C=O) groups is 1. The highest BCUT2D eigenvalue weighted by Crippen LogP contribution is 2.26. The normalized spacial score (nSPS) is 10.6. The molecule has 0 atom stereocenters. The smallest absolute Gasteiger partial charge is 0.255 e. The number of imidazole rings is 1. The maximum Gasteiger partial charge on any atom is 0.255 e. The van der Waals surface area contributed by atoms with E-state index in [1.165, 1.54) is 0 Å². The lowest BCUT2D eigenvalue weighted by molar-refractivity contribution is 0.102. The summed E-state index contributed by atoms with van der Waals surface area (Å²) in [5.74, 6) is -0.137. The number of hydrogen-bond donors (Lipinski definition) is 1. The molecule has 1 aromatic heterocycles. The molecule has 25 heavy (non-hydrogen) atoms. The minimum atomic E-state index is -0.137. The van der Waals surface area contributed by atoms with Crippen LogP contribution in [0.1, 0.15) is 15.9 Å². The Bertz CT molecular complexity index is 859. The van der Waals surface area contributed by atoms with E-state index in [1.807, 2.05) is 60.3 Å². The Balaban J connectivity index is 1.65. The molecule has 0 radical (unpaired) electrons. The summed E-state index contributed by atoms with van der Waals surface area (Å²) in [5, 5.41) is 3.84. The maximum absolute atomic E-state index is 12.4. The first-order chi connectivity index (χ1) is 12.2. The fourth-order valence-electron chi connectivity index (χ4n) is 2.33. The molecule has 0 aliphatic heterocycles. The summed E-state index contributed by atoms with van der Waals surface area (Å²) in [5.41, 5.74) is 2.34. The molecule has 128 valence electrons. The molecule has 6 heteroatoms. The third-order valence-electron chi connectivity index (χ3n) is 3.60. The van der Waals surface area contributed by atoms with Gasteiger partial charge in [-0.3, -0.25) is 4.79 Å². The van der Waals surface area contributed by atoms with Crippen molar-refractivity contribution in [2.24, 2.45) is 7.05 Å². The van der Waals surface area contributed by atoms with E-state index < -0.39 is 0 Å². The van der Waals surface area contributed by atoms with Gasteiger partial charge in [0, 0.05) is 42.7 Å². The summed E-state index contributed by atoms with van der Waals surface area (Å²) in [6.07, 6.45) is 3.68. The predicted molar refractivity (Wildman–Crippen MR) is 98.9 cm³/mol. The van der Waals surface area contributed by atoms with E-state index in [2.05, 4.69) is 10.3 Å². The summed E-state index contributed by atoms with van der Waals surface area (Å²) >= 11 is 1.58. The molecule has 3 rings (SSSR count). The van der Waals surface area contributed by atoms with Gasteiger partial charge in [0.05, 0.1) is 6.61 Å². The molecule has 2 aromatic carbocycles. The number of anilines is 1. The molecule has 0 bridgehead atoms. The molecule has 0 saturated carbocycles. The van der Waals surface area contributed by atoms with E-state index in [0.29, 0.717) is 12.2 Å². The van der Waals surface area contributed by atoms with E-state index in [1.54, 1.807) is 31.1 Å². The highest BCUT2D eigenvalue weighted by Gasteiger charge is 2.08. The lowest BCUT2D eigenvalue weighted by Crippen LogP contribution is -2.12. The molecule has 0 fully saturated rings. The van der Waals surface area contributed by atoms with Crippen LogP contribution in [0.15, 0.2) is 71.0 Å². The quantitative estimate of drug-likeness (QED) is 0.728. The summed E-state index contributed by atoms with van der Waals surface area (Å²) in [4.78, 5) is 17.7. The number of aryl methyl sites for hydroxylation is 1. The average Bonchev–Trinajstić information content (AvgIpc) is 3.02. The van der Waals surface area contributed by atoms with Gasteiger partial charge in [0.25, 0.3) is 5.91 Å². The largest absolute Gasteiger partial charge is 0.380 e. The Hall–Kier alpha value is -2.57. The van der Waals surface area contributed by atoms with Crippen molar-refractivity contribution in [3.05, 3.63) is 72.1 Å². The molecule has 0 saturated heterocycles.